The molecule has 0 radical (unpaired) electrons. The average molecular weight is 314 g/mol. The highest BCUT2D eigenvalue weighted by Crippen LogP contribution is 2.10. The fraction of sp³-hybridized carbons (Fsp3) is 0.389. The van der Waals surface area contributed by atoms with Gasteiger partial charge >= 0.3 is 0 Å². The van der Waals surface area contributed by atoms with Crippen LogP contribution in [-0.2, 0) is 17.6 Å². The molecule has 0 atom stereocenters. The molecule has 1 aliphatic heterocycles. The molecule has 0 spiro atoms. The molecule has 1 aliphatic rings. The third-order valence-corrected chi connectivity index (χ3v) is 4.95. The number of benzene rings is 1. The zero-order valence-electron chi connectivity index (χ0n) is 12.8. The van der Waals surface area contributed by atoms with Crippen molar-refractivity contribution in [1.29, 1.82) is 0 Å². The number of carbonyl (C=O) groups excluding carboxylic acids is 1. The molecule has 116 valence electrons. The Hall–Kier alpha value is -1.65. The van der Waals surface area contributed by atoms with Gasteiger partial charge in [-0.3, -0.25) is 9.69 Å². The lowest BCUT2D eigenvalue weighted by atomic mass is 10.1. The zero-order chi connectivity index (χ0) is 15.2. The maximum Gasteiger partial charge on any atom is 0.227 e. The van der Waals surface area contributed by atoms with E-state index in [9.17, 15) is 4.79 Å². The molecule has 0 saturated carbocycles. The second kappa shape index (κ2) is 7.56. The number of rotatable bonds is 5. The van der Waals surface area contributed by atoms with Gasteiger partial charge in [0.2, 0.25) is 5.91 Å². The number of hydrogen-bond acceptors (Lipinski definition) is 3. The Morgan fingerprint density at radius 2 is 1.77 bits per heavy atom. The zero-order valence-corrected chi connectivity index (χ0v) is 13.6. The molecule has 1 aromatic heterocycles. The van der Waals surface area contributed by atoms with Crippen molar-refractivity contribution < 1.29 is 4.79 Å². The molecule has 1 amide bonds. The van der Waals surface area contributed by atoms with E-state index in [2.05, 4.69) is 40.6 Å². The van der Waals surface area contributed by atoms with Crippen LogP contribution in [0.4, 0.5) is 0 Å². The molecule has 0 aliphatic carbocycles. The van der Waals surface area contributed by atoms with Gasteiger partial charge in [0.1, 0.15) is 0 Å². The normalized spacial score (nSPS) is 15.9. The van der Waals surface area contributed by atoms with Gasteiger partial charge in [0, 0.05) is 32.7 Å². The smallest absolute Gasteiger partial charge is 0.227 e. The molecule has 4 heteroatoms. The van der Waals surface area contributed by atoms with Gasteiger partial charge in [0.15, 0.2) is 0 Å². The first kappa shape index (κ1) is 15.3. The van der Waals surface area contributed by atoms with Gasteiger partial charge in [0.25, 0.3) is 0 Å². The van der Waals surface area contributed by atoms with Crippen LogP contribution in [-0.4, -0.2) is 48.4 Å². The third kappa shape index (κ3) is 4.18. The largest absolute Gasteiger partial charge is 0.340 e. The van der Waals surface area contributed by atoms with Crippen LogP contribution in [0.3, 0.4) is 0 Å². The molecule has 1 saturated heterocycles. The number of piperazine rings is 1. The maximum absolute atomic E-state index is 12.3. The van der Waals surface area contributed by atoms with Crippen LogP contribution in [0.15, 0.2) is 47.2 Å². The summed E-state index contributed by atoms with van der Waals surface area (Å²) in [6.45, 7) is 4.77. The summed E-state index contributed by atoms with van der Waals surface area (Å²) in [5, 5.41) is 4.10. The van der Waals surface area contributed by atoms with Gasteiger partial charge in [-0.2, -0.15) is 11.3 Å². The summed E-state index contributed by atoms with van der Waals surface area (Å²) in [6.07, 6.45) is 1.64. The number of carbonyl (C=O) groups is 1. The Kier molecular flexibility index (Phi) is 5.24. The minimum atomic E-state index is 0.265. The van der Waals surface area contributed by atoms with E-state index in [0.717, 1.165) is 44.7 Å². The lowest BCUT2D eigenvalue weighted by Crippen LogP contribution is -2.49. The highest BCUT2D eigenvalue weighted by atomic mass is 32.1. The summed E-state index contributed by atoms with van der Waals surface area (Å²) in [5.41, 5.74) is 2.53. The molecular weight excluding hydrogens is 292 g/mol. The first-order valence-electron chi connectivity index (χ1n) is 7.86. The lowest BCUT2D eigenvalue weighted by molar-refractivity contribution is -0.132. The molecule has 2 heterocycles. The van der Waals surface area contributed by atoms with Gasteiger partial charge < -0.3 is 4.90 Å². The van der Waals surface area contributed by atoms with Gasteiger partial charge in [-0.15, -0.1) is 0 Å². The number of amides is 1. The SMILES string of the molecule is O=C(Cc1ccsc1)N1CCN(CCc2ccccc2)CC1. The molecule has 1 aromatic carbocycles. The van der Waals surface area contributed by atoms with Crippen LogP contribution in [0.2, 0.25) is 0 Å². The number of nitrogens with zero attached hydrogens (tertiary/aromatic N) is 2. The Bertz CT molecular complexity index is 574. The van der Waals surface area contributed by atoms with Crippen molar-refractivity contribution in [3.8, 4) is 0 Å². The number of thiophene rings is 1. The van der Waals surface area contributed by atoms with E-state index in [-0.39, 0.29) is 5.91 Å². The van der Waals surface area contributed by atoms with Crippen molar-refractivity contribution in [1.82, 2.24) is 9.80 Å². The molecule has 0 unspecified atom stereocenters. The third-order valence-electron chi connectivity index (χ3n) is 4.22. The minimum Gasteiger partial charge on any atom is -0.340 e. The summed E-state index contributed by atoms with van der Waals surface area (Å²) >= 11 is 1.65. The maximum atomic E-state index is 12.3. The summed E-state index contributed by atoms with van der Waals surface area (Å²) in [5.74, 6) is 0.265. The Balaban J connectivity index is 1.41. The van der Waals surface area contributed by atoms with Crippen molar-refractivity contribution in [3.05, 3.63) is 58.3 Å². The quantitative estimate of drug-likeness (QED) is 0.847. The van der Waals surface area contributed by atoms with Gasteiger partial charge in [-0.25, -0.2) is 0 Å². The topological polar surface area (TPSA) is 23.6 Å². The van der Waals surface area contributed by atoms with Crippen LogP contribution < -0.4 is 0 Å². The predicted octanol–water partition coefficient (Wildman–Crippen LogP) is 2.68. The molecule has 22 heavy (non-hydrogen) atoms. The van der Waals surface area contributed by atoms with E-state index in [1.165, 1.54) is 5.56 Å². The van der Waals surface area contributed by atoms with Gasteiger partial charge in [-0.05, 0) is 34.4 Å². The second-order valence-electron chi connectivity index (χ2n) is 5.77. The van der Waals surface area contributed by atoms with Crippen molar-refractivity contribution in [2.45, 2.75) is 12.8 Å². The van der Waals surface area contributed by atoms with Crippen LogP contribution >= 0.6 is 11.3 Å². The predicted molar refractivity (Wildman–Crippen MR) is 91.2 cm³/mol. The van der Waals surface area contributed by atoms with E-state index in [1.807, 2.05) is 16.3 Å². The minimum absolute atomic E-state index is 0.265. The molecule has 3 nitrogen and oxygen atoms in total. The first-order chi connectivity index (χ1) is 10.8. The fourth-order valence-corrected chi connectivity index (χ4v) is 3.50. The summed E-state index contributed by atoms with van der Waals surface area (Å²) in [4.78, 5) is 16.7. The molecular formula is C18H22N2OS. The van der Waals surface area contributed by atoms with E-state index in [4.69, 9.17) is 0 Å². The van der Waals surface area contributed by atoms with E-state index in [1.54, 1.807) is 11.3 Å². The molecule has 1 fully saturated rings. The van der Waals surface area contributed by atoms with Crippen LogP contribution in [0.5, 0.6) is 0 Å². The summed E-state index contributed by atoms with van der Waals surface area (Å²) in [6, 6.07) is 12.6. The lowest BCUT2D eigenvalue weighted by Gasteiger charge is -2.34. The number of hydrogen-bond donors (Lipinski definition) is 0. The van der Waals surface area contributed by atoms with Crippen molar-refractivity contribution in [2.75, 3.05) is 32.7 Å². The first-order valence-corrected chi connectivity index (χ1v) is 8.81. The van der Waals surface area contributed by atoms with E-state index >= 15 is 0 Å². The monoisotopic (exact) mass is 314 g/mol. The summed E-state index contributed by atoms with van der Waals surface area (Å²) in [7, 11) is 0. The van der Waals surface area contributed by atoms with Crippen molar-refractivity contribution >= 4 is 17.2 Å². The Morgan fingerprint density at radius 1 is 1.00 bits per heavy atom. The van der Waals surface area contributed by atoms with E-state index < -0.39 is 0 Å². The molecule has 3 rings (SSSR count). The van der Waals surface area contributed by atoms with Crippen molar-refractivity contribution in [2.24, 2.45) is 0 Å². The van der Waals surface area contributed by atoms with Crippen LogP contribution in [0.25, 0.3) is 0 Å². The van der Waals surface area contributed by atoms with Gasteiger partial charge in [-0.1, -0.05) is 30.3 Å². The fourth-order valence-electron chi connectivity index (χ4n) is 2.83. The Morgan fingerprint density at radius 3 is 2.45 bits per heavy atom. The Labute approximate surface area is 136 Å². The average Bonchev–Trinajstić information content (AvgIpc) is 3.07. The van der Waals surface area contributed by atoms with Crippen molar-refractivity contribution in [3.63, 3.8) is 0 Å². The van der Waals surface area contributed by atoms with E-state index in [0.29, 0.717) is 6.42 Å². The standard InChI is InChI=1S/C18H22N2OS/c21-18(14-17-7-13-22-15-17)20-11-9-19(10-12-20)8-6-16-4-2-1-3-5-16/h1-5,7,13,15H,6,8-12,14H2. The second-order valence-corrected chi connectivity index (χ2v) is 6.55. The molecule has 2 aromatic rings. The highest BCUT2D eigenvalue weighted by Gasteiger charge is 2.20. The summed E-state index contributed by atoms with van der Waals surface area (Å²) < 4.78 is 0. The molecule has 0 bridgehead atoms. The molecule has 0 N–H and O–H groups in total. The highest BCUT2D eigenvalue weighted by molar-refractivity contribution is 7.07. The van der Waals surface area contributed by atoms with Gasteiger partial charge in [0.05, 0.1) is 6.42 Å². The van der Waals surface area contributed by atoms with Crippen LogP contribution in [0.1, 0.15) is 11.1 Å². The van der Waals surface area contributed by atoms with Crippen LogP contribution in [0, 0.1) is 0 Å².